The van der Waals surface area contributed by atoms with Crippen LogP contribution >= 0.6 is 25.3 Å². The average Bonchev–Trinajstić information content (AvgIpc) is 1.74. The molecule has 5 aromatic rings. The number of nitrogens with zero attached hydrogens (tertiary/aromatic N) is 1. The summed E-state index contributed by atoms with van der Waals surface area (Å²) in [5.41, 5.74) is 14.0. The summed E-state index contributed by atoms with van der Waals surface area (Å²) < 4.78 is 5.14. The van der Waals surface area contributed by atoms with Crippen molar-refractivity contribution in [3.63, 3.8) is 0 Å². The van der Waals surface area contributed by atoms with E-state index >= 15 is 0 Å². The van der Waals surface area contributed by atoms with Crippen molar-refractivity contribution >= 4 is 130 Å². The highest BCUT2D eigenvalue weighted by Gasteiger charge is 2.38. The average molecular weight is 1530 g/mol. The van der Waals surface area contributed by atoms with Gasteiger partial charge in [-0.05, 0) is 81.0 Å². The smallest absolute Gasteiger partial charge is 0.306 e. The lowest BCUT2D eigenvalue weighted by Gasteiger charge is -2.29. The predicted molar refractivity (Wildman–Crippen MR) is 403 cm³/mol. The van der Waals surface area contributed by atoms with Gasteiger partial charge in [0, 0.05) is 83.3 Å². The van der Waals surface area contributed by atoms with Gasteiger partial charge in [-0.25, -0.2) is 4.98 Å². The molecule has 0 spiro atoms. The van der Waals surface area contributed by atoms with Crippen LogP contribution in [0.2, 0.25) is 0 Å². The van der Waals surface area contributed by atoms with Crippen LogP contribution in [0.15, 0.2) is 86.1 Å². The summed E-state index contributed by atoms with van der Waals surface area (Å²) in [5.74, 6) is -13.8. The van der Waals surface area contributed by atoms with Crippen molar-refractivity contribution in [3.8, 4) is 0 Å². The van der Waals surface area contributed by atoms with Gasteiger partial charge in [0.05, 0.1) is 25.0 Å². The van der Waals surface area contributed by atoms with Crippen molar-refractivity contribution < 1.29 is 77.0 Å². The molecule has 0 fully saturated rings. The maximum atomic E-state index is 14.7. The fourth-order valence-corrected chi connectivity index (χ4v) is 11.7. The van der Waals surface area contributed by atoms with Gasteiger partial charge in [0.25, 0.3) is 0 Å². The number of para-hydroxylation sites is 2. The first-order chi connectivity index (χ1) is 50.6. The Bertz CT molecular complexity index is 3920. The SMILES string of the molecule is C=CCOC(=O)CC[C@H](NC(=O)CNC(=O)[C@H](CC(C)C)NC(=O)[C@H](Cc1cnc[nH]1)NC(=O)[C@H](Cc1c[nH]c2ccccc12)NC(=O)[C@H](C)NC(=O)[C@H](CS)NC(=O)[C@H](C)N)C(=O)N[C@@H](CC(C)C)C(=O)N[C@H](C(=O)N[C@@H](Cc1c[nH]c2ccccc12)C(=O)N[C@@H](CS)C(=O)N[C@H](C(N)=O)[C@@H](C)O)C(C)C. The number of esters is 1. The van der Waals surface area contributed by atoms with Crippen LogP contribution in [0.1, 0.15) is 105 Å². The second kappa shape index (κ2) is 42.7. The van der Waals surface area contributed by atoms with Crippen molar-refractivity contribution in [2.45, 2.75) is 186 Å². The number of primary amides is 1. The minimum atomic E-state index is -1.59. The summed E-state index contributed by atoms with van der Waals surface area (Å²) in [7, 11) is 0. The van der Waals surface area contributed by atoms with E-state index in [2.05, 4.69) is 116 Å². The fraction of sp³-hybridized carbons (Fsp3) is 0.507. The number of aliphatic hydroxyl groups excluding tert-OH is 1. The maximum absolute atomic E-state index is 14.7. The molecular formula is C71H102N18O16S2. The number of carbonyl (C=O) groups excluding carboxylic acids is 14. The molecule has 107 heavy (non-hydrogen) atoms. The van der Waals surface area contributed by atoms with E-state index in [1.165, 1.54) is 39.4 Å². The second-order valence-electron chi connectivity index (χ2n) is 27.2. The number of thiol groups is 2. The van der Waals surface area contributed by atoms with Gasteiger partial charge in [0.15, 0.2) is 0 Å². The lowest BCUT2D eigenvalue weighted by Crippen LogP contribution is -2.61. The van der Waals surface area contributed by atoms with Gasteiger partial charge in [-0.15, -0.1) is 0 Å². The van der Waals surface area contributed by atoms with E-state index in [0.717, 1.165) is 0 Å². The summed E-state index contributed by atoms with van der Waals surface area (Å²) in [4.78, 5) is 207. The minimum absolute atomic E-state index is 0.0164. The number of aromatic nitrogens is 4. The zero-order valence-corrected chi connectivity index (χ0v) is 63.1. The normalized spacial score (nSPS) is 15.0. The third-order valence-electron chi connectivity index (χ3n) is 17.0. The van der Waals surface area contributed by atoms with E-state index < -0.39 is 187 Å². The molecule has 0 unspecified atom stereocenters. The van der Waals surface area contributed by atoms with Crippen LogP contribution < -0.4 is 75.3 Å². The van der Waals surface area contributed by atoms with Gasteiger partial charge in [-0.2, -0.15) is 25.3 Å². The summed E-state index contributed by atoms with van der Waals surface area (Å²) in [6.45, 7) is 16.8. The van der Waals surface area contributed by atoms with Crippen LogP contribution in [-0.4, -0.2) is 211 Å². The Balaban J connectivity index is 1.35. The Labute approximate surface area is 630 Å². The highest BCUT2D eigenvalue weighted by atomic mass is 32.1. The molecule has 13 amide bonds. The number of benzene rings is 2. The van der Waals surface area contributed by atoms with Crippen LogP contribution in [0.5, 0.6) is 0 Å². The number of ether oxygens (including phenoxy) is 1. The molecule has 13 atom stereocenters. The summed E-state index contributed by atoms with van der Waals surface area (Å²) in [6.07, 6.45) is 4.54. The number of amides is 13. The molecule has 20 N–H and O–H groups in total. The van der Waals surface area contributed by atoms with E-state index in [0.29, 0.717) is 38.6 Å². The quantitative estimate of drug-likeness (QED) is 0.0116. The van der Waals surface area contributed by atoms with Gasteiger partial charge in [0.1, 0.15) is 73.1 Å². The highest BCUT2D eigenvalue weighted by Crippen LogP contribution is 2.22. The molecule has 0 aliphatic rings. The van der Waals surface area contributed by atoms with Crippen molar-refractivity contribution in [3.05, 3.63) is 103 Å². The molecule has 34 nitrogen and oxygen atoms in total. The number of aliphatic hydroxyl groups is 1. The van der Waals surface area contributed by atoms with Crippen LogP contribution in [0.25, 0.3) is 21.8 Å². The van der Waals surface area contributed by atoms with Crippen LogP contribution in [-0.2, 0) is 91.1 Å². The van der Waals surface area contributed by atoms with E-state index in [1.807, 2.05) is 6.07 Å². The van der Waals surface area contributed by atoms with E-state index in [9.17, 15) is 72.2 Å². The fourth-order valence-electron chi connectivity index (χ4n) is 11.2. The van der Waals surface area contributed by atoms with Gasteiger partial charge >= 0.3 is 5.97 Å². The standard InChI is InChI=1S/C71H102N18O16S2/c1-11-22-105-57(92)21-20-48(64(97)83-50(24-36(4)5)68(101)88-58(37(6)7)71(104)85-52(26-42-29-76-47-19-15-13-17-45(42)47)66(99)87-55(33-107)70(103)89-59(40(10)90)60(73)93)80-56(91)31-77-63(96)49(23-35(2)3)82-67(100)53(27-43-30-74-34-78-43)84-65(98)51(25-41-28-75-46-18-14-12-16-44(41)46)81-62(95)39(9)79-69(102)54(32-106)86-61(94)38(8)72/h11-19,28-30,34-40,48-55,58-59,75-76,90,106-107H,1,20-27,31-33,72H2,2-10H3,(H2,73,93)(H,74,78)(H,77,96)(H,79,102)(H,80,91)(H,81,95)(H,82,100)(H,83,97)(H,84,98)(H,85,104)(H,86,94)(H,87,99)(H,88,101)(H,89,103)/t38-,39-,40+,48-,49-,50-,51-,52-,53-,54-,55-,58-,59-/m0/s1. The van der Waals surface area contributed by atoms with Crippen LogP contribution in [0, 0.1) is 17.8 Å². The Morgan fingerprint density at radius 1 is 0.523 bits per heavy atom. The van der Waals surface area contributed by atoms with E-state index in [4.69, 9.17) is 16.2 Å². The Morgan fingerprint density at radius 3 is 1.44 bits per heavy atom. The number of hydrogen-bond acceptors (Lipinski definition) is 20. The summed E-state index contributed by atoms with van der Waals surface area (Å²) in [6, 6.07) is -2.10. The molecule has 5 rings (SSSR count). The van der Waals surface area contributed by atoms with E-state index in [-0.39, 0.29) is 62.1 Å². The molecule has 0 saturated heterocycles. The van der Waals surface area contributed by atoms with Gasteiger partial charge in [0.2, 0.25) is 76.8 Å². The number of H-pyrrole nitrogens is 3. The maximum Gasteiger partial charge on any atom is 0.306 e. The Morgan fingerprint density at radius 2 is 0.963 bits per heavy atom. The first kappa shape index (κ1) is 87.3. The van der Waals surface area contributed by atoms with Crippen molar-refractivity contribution in [1.82, 2.24) is 83.7 Å². The number of rotatable bonds is 44. The summed E-state index contributed by atoms with van der Waals surface area (Å²) in [5, 5.41) is 42.6. The number of imidazole rings is 1. The minimum Gasteiger partial charge on any atom is -0.461 e. The van der Waals surface area contributed by atoms with Crippen molar-refractivity contribution in [2.24, 2.45) is 29.2 Å². The van der Waals surface area contributed by atoms with Crippen LogP contribution in [0.4, 0.5) is 0 Å². The Kier molecular flexibility index (Phi) is 34.9. The molecule has 36 heteroatoms. The topological polar surface area (TPSA) is 525 Å². The number of carbonyl (C=O) groups is 14. The lowest BCUT2D eigenvalue weighted by molar-refractivity contribution is -0.143. The van der Waals surface area contributed by atoms with Gasteiger partial charge in [-0.3, -0.25) is 67.1 Å². The highest BCUT2D eigenvalue weighted by molar-refractivity contribution is 7.80. The van der Waals surface area contributed by atoms with E-state index in [1.54, 1.807) is 96.4 Å². The zero-order chi connectivity index (χ0) is 79.4. The monoisotopic (exact) mass is 1530 g/mol. The second-order valence-corrected chi connectivity index (χ2v) is 27.9. The molecule has 0 aliphatic carbocycles. The molecule has 0 radical (unpaired) electrons. The first-order valence-corrected chi connectivity index (χ1v) is 36.3. The molecule has 3 heterocycles. The first-order valence-electron chi connectivity index (χ1n) is 35.0. The molecule has 2 aromatic carbocycles. The van der Waals surface area contributed by atoms with Gasteiger partial charge < -0.3 is 100 Å². The van der Waals surface area contributed by atoms with Crippen LogP contribution in [0.3, 0.4) is 0 Å². The molecule has 3 aromatic heterocycles. The summed E-state index contributed by atoms with van der Waals surface area (Å²) >= 11 is 8.40. The molecule has 0 bridgehead atoms. The lowest BCUT2D eigenvalue weighted by atomic mass is 9.98. The largest absolute Gasteiger partial charge is 0.461 e. The zero-order valence-electron chi connectivity index (χ0n) is 61.3. The molecule has 584 valence electrons. The number of aromatic amines is 3. The van der Waals surface area contributed by atoms with Crippen molar-refractivity contribution in [1.29, 1.82) is 0 Å². The predicted octanol–water partition coefficient (Wildman–Crippen LogP) is -1.80. The van der Waals surface area contributed by atoms with Gasteiger partial charge in [-0.1, -0.05) is 90.6 Å². The number of hydrogen-bond donors (Lipinski definition) is 20. The third-order valence-corrected chi connectivity index (χ3v) is 17.7. The molecule has 0 aliphatic heterocycles. The number of fused-ring (bicyclic) bond motifs is 2. The number of nitrogens with one attached hydrogen (secondary N) is 15. The molecular weight excluding hydrogens is 1430 g/mol. The Hall–Kier alpha value is -10.3. The number of nitrogens with two attached hydrogens (primary N) is 2. The third kappa shape index (κ3) is 27.5. The van der Waals surface area contributed by atoms with Crippen molar-refractivity contribution in [2.75, 3.05) is 24.7 Å². The molecule has 0 saturated carbocycles.